The van der Waals surface area contributed by atoms with Crippen LogP contribution in [0.2, 0.25) is 0 Å². The van der Waals surface area contributed by atoms with Gasteiger partial charge in [0.05, 0.1) is 25.4 Å². The van der Waals surface area contributed by atoms with Crippen molar-refractivity contribution in [3.63, 3.8) is 0 Å². The average Bonchev–Trinajstić information content (AvgIpc) is 2.92. The van der Waals surface area contributed by atoms with Crippen LogP contribution in [0.1, 0.15) is 5.56 Å². The second-order valence-corrected chi connectivity index (χ2v) is 4.82. The largest absolute Gasteiger partial charge is 0.390 e. The van der Waals surface area contributed by atoms with Crippen molar-refractivity contribution >= 4 is 0 Å². The zero-order valence-corrected chi connectivity index (χ0v) is 10.7. The van der Waals surface area contributed by atoms with Crippen molar-refractivity contribution in [2.24, 2.45) is 5.11 Å². The van der Waals surface area contributed by atoms with Crippen LogP contribution in [0.25, 0.3) is 10.4 Å². The quantitative estimate of drug-likeness (QED) is 0.510. The van der Waals surface area contributed by atoms with E-state index in [-0.39, 0.29) is 6.61 Å². The molecule has 0 aromatic heterocycles. The van der Waals surface area contributed by atoms with Crippen LogP contribution in [0.15, 0.2) is 35.4 Å². The van der Waals surface area contributed by atoms with Gasteiger partial charge in [-0.15, -0.1) is 0 Å². The Morgan fingerprint density at radius 1 is 1.40 bits per heavy atom. The van der Waals surface area contributed by atoms with Gasteiger partial charge in [0.1, 0.15) is 12.2 Å². The number of nitrogens with zero attached hydrogens (tertiary/aromatic N) is 3. The van der Waals surface area contributed by atoms with Crippen molar-refractivity contribution in [1.29, 1.82) is 0 Å². The van der Waals surface area contributed by atoms with Gasteiger partial charge in [0.25, 0.3) is 0 Å². The second-order valence-electron chi connectivity index (χ2n) is 4.82. The fourth-order valence-electron chi connectivity index (χ4n) is 2.50. The molecule has 7 heteroatoms. The Morgan fingerprint density at radius 3 is 2.95 bits per heavy atom. The molecule has 3 rings (SSSR count). The molecule has 0 amide bonds. The first-order valence-corrected chi connectivity index (χ1v) is 6.44. The Bertz CT molecular complexity index is 506. The maximum absolute atomic E-state index is 10.1. The summed E-state index contributed by atoms with van der Waals surface area (Å²) in [5.41, 5.74) is 9.63. The van der Waals surface area contributed by atoms with Crippen LogP contribution in [-0.4, -0.2) is 42.4 Å². The van der Waals surface area contributed by atoms with Crippen molar-refractivity contribution in [2.45, 2.75) is 37.3 Å². The molecular formula is C13H15N3O4. The van der Waals surface area contributed by atoms with Crippen LogP contribution in [-0.2, 0) is 20.8 Å². The molecule has 0 saturated carbocycles. The maximum atomic E-state index is 10.1. The third kappa shape index (κ3) is 2.49. The molecule has 1 aromatic rings. The van der Waals surface area contributed by atoms with Crippen LogP contribution in [0.3, 0.4) is 0 Å². The zero-order valence-electron chi connectivity index (χ0n) is 10.7. The Kier molecular flexibility index (Phi) is 3.86. The monoisotopic (exact) mass is 277 g/mol. The number of hydrogen-bond donors (Lipinski definition) is 1. The molecule has 2 heterocycles. The number of azide groups is 1. The molecule has 1 N–H and O–H groups in total. The molecular weight excluding hydrogens is 262 g/mol. The van der Waals surface area contributed by atoms with Crippen molar-refractivity contribution in [2.75, 3.05) is 6.61 Å². The summed E-state index contributed by atoms with van der Waals surface area (Å²) < 4.78 is 16.7. The molecule has 2 bridgehead atoms. The van der Waals surface area contributed by atoms with Crippen LogP contribution < -0.4 is 0 Å². The highest BCUT2D eigenvalue weighted by Crippen LogP contribution is 2.32. The number of benzene rings is 1. The highest BCUT2D eigenvalue weighted by molar-refractivity contribution is 5.13. The first-order chi connectivity index (χ1) is 9.79. The van der Waals surface area contributed by atoms with Crippen LogP contribution >= 0.6 is 0 Å². The minimum Gasteiger partial charge on any atom is -0.390 e. The van der Waals surface area contributed by atoms with Gasteiger partial charge in [0.2, 0.25) is 0 Å². The molecule has 5 atom stereocenters. The molecule has 2 aliphatic heterocycles. The van der Waals surface area contributed by atoms with E-state index in [2.05, 4.69) is 10.0 Å². The van der Waals surface area contributed by atoms with Crippen LogP contribution in [0.4, 0.5) is 0 Å². The number of hydrogen-bond acceptors (Lipinski definition) is 5. The van der Waals surface area contributed by atoms with Gasteiger partial charge in [-0.1, -0.05) is 35.4 Å². The molecule has 2 fully saturated rings. The van der Waals surface area contributed by atoms with Gasteiger partial charge in [-0.2, -0.15) is 0 Å². The van der Waals surface area contributed by atoms with Crippen molar-refractivity contribution < 1.29 is 19.3 Å². The smallest absolute Gasteiger partial charge is 0.184 e. The van der Waals surface area contributed by atoms with Gasteiger partial charge in [0.15, 0.2) is 6.29 Å². The molecule has 0 aliphatic carbocycles. The van der Waals surface area contributed by atoms with Gasteiger partial charge in [-0.05, 0) is 11.1 Å². The first-order valence-electron chi connectivity index (χ1n) is 6.44. The molecule has 0 unspecified atom stereocenters. The van der Waals surface area contributed by atoms with Gasteiger partial charge in [-0.25, -0.2) is 0 Å². The van der Waals surface area contributed by atoms with E-state index in [9.17, 15) is 5.11 Å². The molecule has 1 aromatic carbocycles. The summed E-state index contributed by atoms with van der Waals surface area (Å²) >= 11 is 0. The van der Waals surface area contributed by atoms with E-state index in [1.54, 1.807) is 0 Å². The fraction of sp³-hybridized carbons (Fsp3) is 0.538. The summed E-state index contributed by atoms with van der Waals surface area (Å²) in [6.45, 7) is 0.623. The third-order valence-corrected chi connectivity index (χ3v) is 3.54. The van der Waals surface area contributed by atoms with Crippen molar-refractivity contribution in [3.05, 3.63) is 46.3 Å². The van der Waals surface area contributed by atoms with E-state index < -0.39 is 30.6 Å². The number of rotatable bonds is 4. The standard InChI is InChI=1S/C13H15N3O4/c14-16-15-10-11(17)9-7-19-13(20-9)12(10)18-6-8-4-2-1-3-5-8/h1-5,9-13,17H,6-7H2/t9-,10+,11-,12+,13-/m1/s1. The normalized spacial score (nSPS) is 35.5. The predicted molar refractivity (Wildman–Crippen MR) is 68.6 cm³/mol. The lowest BCUT2D eigenvalue weighted by Crippen LogP contribution is -2.53. The molecule has 7 nitrogen and oxygen atoms in total. The van der Waals surface area contributed by atoms with Gasteiger partial charge in [0, 0.05) is 4.91 Å². The third-order valence-electron chi connectivity index (χ3n) is 3.54. The lowest BCUT2D eigenvalue weighted by molar-refractivity contribution is -0.209. The van der Waals surface area contributed by atoms with Gasteiger partial charge in [-0.3, -0.25) is 0 Å². The summed E-state index contributed by atoms with van der Waals surface area (Å²) in [4.78, 5) is 2.79. The highest BCUT2D eigenvalue weighted by Gasteiger charge is 2.50. The summed E-state index contributed by atoms with van der Waals surface area (Å²) in [6.07, 6.45) is -2.57. The van der Waals surface area contributed by atoms with E-state index in [1.807, 2.05) is 30.3 Å². The SMILES string of the molecule is [N-]=[N+]=N[C@H]1[C@H](O)[C@H]2CO[C@H](O2)[C@H]1OCc1ccccc1. The minimum absolute atomic E-state index is 0.286. The number of ether oxygens (including phenoxy) is 3. The molecule has 106 valence electrons. The Morgan fingerprint density at radius 2 is 2.20 bits per heavy atom. The molecule has 0 radical (unpaired) electrons. The summed E-state index contributed by atoms with van der Waals surface area (Å²) in [5, 5.41) is 13.7. The van der Waals surface area contributed by atoms with E-state index in [1.165, 1.54) is 0 Å². The molecule has 20 heavy (non-hydrogen) atoms. The van der Waals surface area contributed by atoms with Crippen molar-refractivity contribution in [3.8, 4) is 0 Å². The molecule has 2 saturated heterocycles. The Hall–Kier alpha value is -1.63. The average molecular weight is 277 g/mol. The van der Waals surface area contributed by atoms with E-state index >= 15 is 0 Å². The Balaban J connectivity index is 1.73. The highest BCUT2D eigenvalue weighted by atomic mass is 16.7. The fourth-order valence-corrected chi connectivity index (χ4v) is 2.50. The lowest BCUT2D eigenvalue weighted by Gasteiger charge is -2.35. The number of aliphatic hydroxyl groups is 1. The molecule has 0 spiro atoms. The minimum atomic E-state index is -0.912. The molecule has 2 aliphatic rings. The summed E-state index contributed by atoms with van der Waals surface area (Å²) in [6, 6.07) is 8.91. The van der Waals surface area contributed by atoms with E-state index in [4.69, 9.17) is 19.7 Å². The van der Waals surface area contributed by atoms with Gasteiger partial charge < -0.3 is 19.3 Å². The van der Waals surface area contributed by atoms with Crippen LogP contribution in [0, 0.1) is 0 Å². The first kappa shape index (κ1) is 13.4. The lowest BCUT2D eigenvalue weighted by atomic mass is 9.99. The maximum Gasteiger partial charge on any atom is 0.184 e. The summed E-state index contributed by atoms with van der Waals surface area (Å²) in [7, 11) is 0. The second kappa shape index (κ2) is 5.78. The van der Waals surface area contributed by atoms with E-state index in [0.717, 1.165) is 5.56 Å². The number of aliphatic hydroxyl groups excluding tert-OH is 1. The van der Waals surface area contributed by atoms with Crippen LogP contribution in [0.5, 0.6) is 0 Å². The van der Waals surface area contributed by atoms with E-state index in [0.29, 0.717) is 6.61 Å². The van der Waals surface area contributed by atoms with Gasteiger partial charge >= 0.3 is 0 Å². The number of fused-ring (bicyclic) bond motifs is 2. The van der Waals surface area contributed by atoms with Crippen molar-refractivity contribution in [1.82, 2.24) is 0 Å². The predicted octanol–water partition coefficient (Wildman–Crippen LogP) is 1.37. The topological polar surface area (TPSA) is 96.7 Å². The zero-order chi connectivity index (χ0) is 13.9. The Labute approximate surface area is 115 Å². The summed E-state index contributed by atoms with van der Waals surface area (Å²) in [5.74, 6) is 0.